The van der Waals surface area contributed by atoms with Crippen LogP contribution in [0.1, 0.15) is 16.8 Å². The highest BCUT2D eigenvalue weighted by atomic mass is 32.2. The normalized spacial score (nSPS) is 13.0. The number of anilines is 1. The van der Waals surface area contributed by atoms with Gasteiger partial charge in [-0.25, -0.2) is 0 Å². The molecule has 0 unspecified atom stereocenters. The topological polar surface area (TPSA) is 56.1 Å². The molecule has 2 heterocycles. The Labute approximate surface area is 127 Å². The van der Waals surface area contributed by atoms with E-state index >= 15 is 0 Å². The number of amides is 1. The Morgan fingerprint density at radius 2 is 2.14 bits per heavy atom. The van der Waals surface area contributed by atoms with Crippen LogP contribution in [0.3, 0.4) is 0 Å². The number of methoxy groups -OCH3 is 1. The zero-order valence-electron chi connectivity index (χ0n) is 12.0. The van der Waals surface area contributed by atoms with Crippen LogP contribution < -0.4 is 10.1 Å². The summed E-state index contributed by atoms with van der Waals surface area (Å²) < 4.78 is 6.87. The number of thioether (sulfide) groups is 1. The highest BCUT2D eigenvalue weighted by Gasteiger charge is 2.22. The van der Waals surface area contributed by atoms with Crippen LogP contribution in [0.2, 0.25) is 0 Å². The van der Waals surface area contributed by atoms with Gasteiger partial charge in [-0.05, 0) is 17.7 Å². The largest absolute Gasteiger partial charge is 0.497 e. The Kier molecular flexibility index (Phi) is 3.88. The SMILES string of the molecule is COc1ccc(CC(=O)Nc2c3c(nn2C)CSC3)cc1. The average molecular weight is 303 g/mol. The number of nitrogens with zero attached hydrogens (tertiary/aromatic N) is 2. The van der Waals surface area contributed by atoms with Crippen LogP contribution in [0.15, 0.2) is 24.3 Å². The Morgan fingerprint density at radius 1 is 1.38 bits per heavy atom. The standard InChI is InChI=1S/C15H17N3O2S/c1-18-15(12-8-21-9-13(12)17-18)16-14(19)7-10-3-5-11(20-2)6-4-10/h3-6H,7-9H2,1-2H3,(H,16,19). The molecule has 6 heteroatoms. The monoisotopic (exact) mass is 303 g/mol. The predicted octanol–water partition coefficient (Wildman–Crippen LogP) is 2.36. The fraction of sp³-hybridized carbons (Fsp3) is 0.333. The second-order valence-corrected chi connectivity index (χ2v) is 5.95. The molecular formula is C15H17N3O2S. The van der Waals surface area contributed by atoms with Crippen molar-refractivity contribution in [1.29, 1.82) is 0 Å². The molecule has 1 amide bonds. The van der Waals surface area contributed by atoms with Crippen LogP contribution in [0.4, 0.5) is 5.82 Å². The van der Waals surface area contributed by atoms with Crippen LogP contribution in [0.5, 0.6) is 5.75 Å². The number of ether oxygens (including phenoxy) is 1. The minimum atomic E-state index is -0.0251. The van der Waals surface area contributed by atoms with Gasteiger partial charge in [0.2, 0.25) is 5.91 Å². The van der Waals surface area contributed by atoms with E-state index in [9.17, 15) is 4.79 Å². The number of aromatic nitrogens is 2. The number of aryl methyl sites for hydroxylation is 1. The summed E-state index contributed by atoms with van der Waals surface area (Å²) in [4.78, 5) is 12.2. The number of carbonyl (C=O) groups excluding carboxylic acids is 1. The van der Waals surface area contributed by atoms with Crippen molar-refractivity contribution in [2.24, 2.45) is 7.05 Å². The van der Waals surface area contributed by atoms with Gasteiger partial charge in [-0.2, -0.15) is 16.9 Å². The zero-order valence-corrected chi connectivity index (χ0v) is 12.9. The van der Waals surface area contributed by atoms with Crippen molar-refractivity contribution in [3.05, 3.63) is 41.1 Å². The molecule has 1 aliphatic heterocycles. The third-order valence-electron chi connectivity index (χ3n) is 3.50. The summed E-state index contributed by atoms with van der Waals surface area (Å²) in [7, 11) is 3.49. The fourth-order valence-electron chi connectivity index (χ4n) is 2.40. The smallest absolute Gasteiger partial charge is 0.229 e. The van der Waals surface area contributed by atoms with Crippen molar-refractivity contribution in [2.45, 2.75) is 17.9 Å². The summed E-state index contributed by atoms with van der Waals surface area (Å²) in [5.41, 5.74) is 3.20. The van der Waals surface area contributed by atoms with Gasteiger partial charge in [0.1, 0.15) is 11.6 Å². The van der Waals surface area contributed by atoms with Gasteiger partial charge in [-0.3, -0.25) is 9.48 Å². The minimum absolute atomic E-state index is 0.0251. The number of hydrogen-bond donors (Lipinski definition) is 1. The molecule has 110 valence electrons. The van der Waals surface area contributed by atoms with E-state index in [1.54, 1.807) is 11.8 Å². The van der Waals surface area contributed by atoms with E-state index in [0.29, 0.717) is 6.42 Å². The molecule has 1 N–H and O–H groups in total. The zero-order chi connectivity index (χ0) is 14.8. The maximum absolute atomic E-state index is 12.2. The molecule has 0 saturated carbocycles. The molecule has 1 aromatic heterocycles. The van der Waals surface area contributed by atoms with Crippen molar-refractivity contribution < 1.29 is 9.53 Å². The Balaban J connectivity index is 1.69. The summed E-state index contributed by atoms with van der Waals surface area (Å²) in [6.45, 7) is 0. The summed E-state index contributed by atoms with van der Waals surface area (Å²) >= 11 is 1.83. The first-order chi connectivity index (χ1) is 10.2. The summed E-state index contributed by atoms with van der Waals surface area (Å²) in [6, 6.07) is 7.53. The highest BCUT2D eigenvalue weighted by Crippen LogP contribution is 2.34. The molecule has 2 aromatic rings. The first-order valence-electron chi connectivity index (χ1n) is 6.72. The van der Waals surface area contributed by atoms with Crippen LogP contribution >= 0.6 is 11.8 Å². The first-order valence-corrected chi connectivity index (χ1v) is 7.88. The average Bonchev–Trinajstić information content (AvgIpc) is 3.03. The molecule has 0 bridgehead atoms. The van der Waals surface area contributed by atoms with Gasteiger partial charge in [0.15, 0.2) is 0 Å². The third kappa shape index (κ3) is 2.90. The lowest BCUT2D eigenvalue weighted by molar-refractivity contribution is -0.115. The van der Waals surface area contributed by atoms with Crippen molar-refractivity contribution in [3.63, 3.8) is 0 Å². The lowest BCUT2D eigenvalue weighted by atomic mass is 10.1. The van der Waals surface area contributed by atoms with Gasteiger partial charge >= 0.3 is 0 Å². The van der Waals surface area contributed by atoms with Crippen molar-refractivity contribution >= 4 is 23.5 Å². The van der Waals surface area contributed by atoms with E-state index in [1.165, 1.54) is 0 Å². The molecule has 1 aliphatic rings. The van der Waals surface area contributed by atoms with E-state index in [4.69, 9.17) is 4.74 Å². The van der Waals surface area contributed by atoms with Crippen molar-refractivity contribution in [2.75, 3.05) is 12.4 Å². The molecule has 0 fully saturated rings. The second-order valence-electron chi connectivity index (χ2n) is 4.96. The molecule has 21 heavy (non-hydrogen) atoms. The second kappa shape index (κ2) is 5.81. The quantitative estimate of drug-likeness (QED) is 0.942. The maximum atomic E-state index is 12.2. The van der Waals surface area contributed by atoms with Gasteiger partial charge in [0, 0.05) is 24.1 Å². The summed E-state index contributed by atoms with van der Waals surface area (Å²) in [6.07, 6.45) is 0.344. The highest BCUT2D eigenvalue weighted by molar-refractivity contribution is 7.98. The van der Waals surface area contributed by atoms with Crippen molar-refractivity contribution in [3.8, 4) is 5.75 Å². The molecule has 0 spiro atoms. The number of benzene rings is 1. The van der Waals surface area contributed by atoms with E-state index in [2.05, 4.69) is 10.4 Å². The van der Waals surface area contributed by atoms with Gasteiger partial charge in [-0.1, -0.05) is 12.1 Å². The lowest BCUT2D eigenvalue weighted by Gasteiger charge is -2.08. The third-order valence-corrected chi connectivity index (χ3v) is 4.47. The minimum Gasteiger partial charge on any atom is -0.497 e. The number of carbonyl (C=O) groups is 1. The molecule has 0 radical (unpaired) electrons. The Morgan fingerprint density at radius 3 is 2.86 bits per heavy atom. The van der Waals surface area contributed by atoms with Crippen LogP contribution in [-0.2, 0) is 29.8 Å². The van der Waals surface area contributed by atoms with Gasteiger partial charge in [0.25, 0.3) is 0 Å². The predicted molar refractivity (Wildman–Crippen MR) is 83.5 cm³/mol. The number of hydrogen-bond acceptors (Lipinski definition) is 4. The van der Waals surface area contributed by atoms with Gasteiger partial charge < -0.3 is 10.1 Å². The van der Waals surface area contributed by atoms with E-state index in [-0.39, 0.29) is 5.91 Å². The Bertz CT molecular complexity index is 664. The first kappa shape index (κ1) is 14.0. The van der Waals surface area contributed by atoms with Crippen LogP contribution in [-0.4, -0.2) is 22.8 Å². The summed E-state index contributed by atoms with van der Waals surface area (Å²) in [5.74, 6) is 3.44. The maximum Gasteiger partial charge on any atom is 0.229 e. The van der Waals surface area contributed by atoms with E-state index < -0.39 is 0 Å². The van der Waals surface area contributed by atoms with E-state index in [0.717, 1.165) is 39.9 Å². The fourth-order valence-corrected chi connectivity index (χ4v) is 3.44. The van der Waals surface area contributed by atoms with Crippen LogP contribution in [0.25, 0.3) is 0 Å². The molecule has 5 nitrogen and oxygen atoms in total. The number of nitrogens with one attached hydrogen (secondary N) is 1. The Hall–Kier alpha value is -1.95. The molecule has 1 aromatic carbocycles. The lowest BCUT2D eigenvalue weighted by Crippen LogP contribution is -2.17. The molecular weight excluding hydrogens is 286 g/mol. The number of fused-ring (bicyclic) bond motifs is 1. The molecule has 3 rings (SSSR count). The van der Waals surface area contributed by atoms with Gasteiger partial charge in [-0.15, -0.1) is 0 Å². The molecule has 0 aliphatic carbocycles. The summed E-state index contributed by atoms with van der Waals surface area (Å²) in [5, 5.41) is 7.42. The van der Waals surface area contributed by atoms with Crippen LogP contribution in [0, 0.1) is 0 Å². The molecule has 0 atom stereocenters. The van der Waals surface area contributed by atoms with Gasteiger partial charge in [0.05, 0.1) is 19.2 Å². The molecule has 0 saturated heterocycles. The number of rotatable bonds is 4. The van der Waals surface area contributed by atoms with Crippen molar-refractivity contribution in [1.82, 2.24) is 9.78 Å². The van der Waals surface area contributed by atoms with E-state index in [1.807, 2.05) is 43.1 Å².